The van der Waals surface area contributed by atoms with Crippen LogP contribution in [0.4, 0.5) is 0 Å². The highest BCUT2D eigenvalue weighted by atomic mass is 16.1. The molecule has 0 saturated heterocycles. The van der Waals surface area contributed by atoms with E-state index in [2.05, 4.69) is 26.1 Å². The highest BCUT2D eigenvalue weighted by Crippen LogP contribution is 2.27. The van der Waals surface area contributed by atoms with Gasteiger partial charge in [-0.3, -0.25) is 4.79 Å². The Kier molecular flexibility index (Phi) is 7.44. The van der Waals surface area contributed by atoms with Crippen LogP contribution in [0.5, 0.6) is 0 Å². The van der Waals surface area contributed by atoms with Gasteiger partial charge in [-0.2, -0.15) is 0 Å². The summed E-state index contributed by atoms with van der Waals surface area (Å²) >= 11 is 0. The van der Waals surface area contributed by atoms with E-state index in [1.807, 2.05) is 0 Å². The molecule has 0 aromatic carbocycles. The van der Waals surface area contributed by atoms with Gasteiger partial charge in [-0.1, -0.05) is 26.7 Å². The first-order valence-electron chi connectivity index (χ1n) is 8.04. The van der Waals surface area contributed by atoms with Crippen LogP contribution in [0, 0.1) is 17.8 Å². The summed E-state index contributed by atoms with van der Waals surface area (Å²) in [5, 5.41) is 3.19. The average Bonchev–Trinajstić information content (AvgIpc) is 2.87. The van der Waals surface area contributed by atoms with Gasteiger partial charge in [-0.25, -0.2) is 0 Å². The quantitative estimate of drug-likeness (QED) is 0.711. The Balaban J connectivity index is 2.25. The van der Waals surface area contributed by atoms with Gasteiger partial charge < -0.3 is 11.1 Å². The minimum atomic E-state index is 0.224. The number of hydrogen-bond acceptors (Lipinski definition) is 2. The van der Waals surface area contributed by atoms with Crippen LogP contribution < -0.4 is 11.1 Å². The van der Waals surface area contributed by atoms with Crippen molar-refractivity contribution >= 4 is 5.91 Å². The Morgan fingerprint density at radius 1 is 1.21 bits per heavy atom. The first kappa shape index (κ1) is 16.5. The van der Waals surface area contributed by atoms with Gasteiger partial charge in [0.05, 0.1) is 0 Å². The molecule has 19 heavy (non-hydrogen) atoms. The minimum Gasteiger partial charge on any atom is -0.353 e. The van der Waals surface area contributed by atoms with Gasteiger partial charge in [0.25, 0.3) is 0 Å². The molecule has 3 nitrogen and oxygen atoms in total. The summed E-state index contributed by atoms with van der Waals surface area (Å²) in [4.78, 5) is 12.0. The number of amides is 1. The SMILES string of the molecule is CC(C)C(CCN)CCC(=O)NC(C)C1CCCC1. The van der Waals surface area contributed by atoms with Crippen LogP contribution in [0.1, 0.15) is 65.7 Å². The van der Waals surface area contributed by atoms with Crippen molar-refractivity contribution in [2.75, 3.05) is 6.54 Å². The fourth-order valence-electron chi connectivity index (χ4n) is 3.24. The zero-order valence-electron chi connectivity index (χ0n) is 13.0. The monoisotopic (exact) mass is 268 g/mol. The lowest BCUT2D eigenvalue weighted by Gasteiger charge is -2.22. The van der Waals surface area contributed by atoms with Crippen LogP contribution in [0.3, 0.4) is 0 Å². The first-order chi connectivity index (χ1) is 9.04. The van der Waals surface area contributed by atoms with Gasteiger partial charge >= 0.3 is 0 Å². The maximum atomic E-state index is 12.0. The lowest BCUT2D eigenvalue weighted by molar-refractivity contribution is -0.122. The van der Waals surface area contributed by atoms with E-state index in [1.165, 1.54) is 25.7 Å². The molecule has 1 aliphatic carbocycles. The molecule has 0 heterocycles. The summed E-state index contributed by atoms with van der Waals surface area (Å²) in [7, 11) is 0. The Labute approximate surface area is 118 Å². The zero-order chi connectivity index (χ0) is 14.3. The number of rotatable bonds is 8. The zero-order valence-corrected chi connectivity index (χ0v) is 13.0. The van der Waals surface area contributed by atoms with Crippen LogP contribution in [0.15, 0.2) is 0 Å². The third kappa shape index (κ3) is 5.94. The molecular weight excluding hydrogens is 236 g/mol. The minimum absolute atomic E-state index is 0.224. The third-order valence-corrected chi connectivity index (χ3v) is 4.72. The van der Waals surface area contributed by atoms with Crippen LogP contribution in [0.25, 0.3) is 0 Å². The van der Waals surface area contributed by atoms with E-state index in [4.69, 9.17) is 5.73 Å². The van der Waals surface area contributed by atoms with Crippen molar-refractivity contribution < 1.29 is 4.79 Å². The molecule has 2 unspecified atom stereocenters. The summed E-state index contributed by atoms with van der Waals surface area (Å²) in [5.74, 6) is 2.12. The molecule has 0 aromatic heterocycles. The molecule has 1 saturated carbocycles. The molecule has 0 aromatic rings. The van der Waals surface area contributed by atoms with E-state index < -0.39 is 0 Å². The number of hydrogen-bond donors (Lipinski definition) is 2. The topological polar surface area (TPSA) is 55.1 Å². The number of nitrogens with one attached hydrogen (secondary N) is 1. The summed E-state index contributed by atoms with van der Waals surface area (Å²) in [6.45, 7) is 7.33. The number of carbonyl (C=O) groups excluding carboxylic acids is 1. The normalized spacial score (nSPS) is 19.6. The fourth-order valence-corrected chi connectivity index (χ4v) is 3.24. The van der Waals surface area contributed by atoms with Gasteiger partial charge in [0.1, 0.15) is 0 Å². The molecular formula is C16H32N2O. The van der Waals surface area contributed by atoms with Crippen molar-refractivity contribution in [3.63, 3.8) is 0 Å². The van der Waals surface area contributed by atoms with Crippen LogP contribution >= 0.6 is 0 Å². The summed E-state index contributed by atoms with van der Waals surface area (Å²) in [6.07, 6.45) is 7.88. The van der Waals surface area contributed by atoms with Crippen LogP contribution in [-0.4, -0.2) is 18.5 Å². The first-order valence-corrected chi connectivity index (χ1v) is 8.04. The standard InChI is InChI=1S/C16H32N2O/c1-12(2)14(10-11-17)8-9-16(19)18-13(3)15-6-4-5-7-15/h12-15H,4-11,17H2,1-3H3,(H,18,19). The van der Waals surface area contributed by atoms with E-state index in [-0.39, 0.29) is 5.91 Å². The van der Waals surface area contributed by atoms with Crippen molar-refractivity contribution in [1.29, 1.82) is 0 Å². The van der Waals surface area contributed by atoms with Gasteiger partial charge in [-0.05, 0) is 56.9 Å². The molecule has 1 fully saturated rings. The summed E-state index contributed by atoms with van der Waals surface area (Å²) in [6, 6.07) is 0.349. The molecule has 0 bridgehead atoms. The number of nitrogens with two attached hydrogens (primary N) is 1. The van der Waals surface area contributed by atoms with Crippen LogP contribution in [-0.2, 0) is 4.79 Å². The third-order valence-electron chi connectivity index (χ3n) is 4.72. The van der Waals surface area contributed by atoms with Crippen molar-refractivity contribution in [3.05, 3.63) is 0 Å². The van der Waals surface area contributed by atoms with E-state index in [1.54, 1.807) is 0 Å². The van der Waals surface area contributed by atoms with Crippen LogP contribution in [0.2, 0.25) is 0 Å². The van der Waals surface area contributed by atoms with Crippen molar-refractivity contribution in [3.8, 4) is 0 Å². The Morgan fingerprint density at radius 3 is 2.37 bits per heavy atom. The van der Waals surface area contributed by atoms with E-state index in [0.717, 1.165) is 19.4 Å². The van der Waals surface area contributed by atoms with Gasteiger partial charge in [0.15, 0.2) is 0 Å². The second-order valence-electron chi connectivity index (χ2n) is 6.52. The fraction of sp³-hybridized carbons (Fsp3) is 0.938. The largest absolute Gasteiger partial charge is 0.353 e. The number of carbonyl (C=O) groups is 1. The summed E-state index contributed by atoms with van der Waals surface area (Å²) in [5.41, 5.74) is 5.64. The van der Waals surface area contributed by atoms with Crippen molar-refractivity contribution in [2.45, 2.75) is 71.8 Å². The molecule has 1 rings (SSSR count). The van der Waals surface area contributed by atoms with Gasteiger partial charge in [0.2, 0.25) is 5.91 Å². The molecule has 2 atom stereocenters. The molecule has 0 radical (unpaired) electrons. The van der Waals surface area contributed by atoms with E-state index in [0.29, 0.717) is 30.2 Å². The highest BCUT2D eigenvalue weighted by Gasteiger charge is 2.23. The van der Waals surface area contributed by atoms with E-state index in [9.17, 15) is 4.79 Å². The summed E-state index contributed by atoms with van der Waals surface area (Å²) < 4.78 is 0. The van der Waals surface area contributed by atoms with E-state index >= 15 is 0 Å². The maximum absolute atomic E-state index is 12.0. The predicted molar refractivity (Wildman–Crippen MR) is 80.8 cm³/mol. The molecule has 3 N–H and O–H groups in total. The highest BCUT2D eigenvalue weighted by molar-refractivity contribution is 5.76. The van der Waals surface area contributed by atoms with Gasteiger partial charge in [0, 0.05) is 12.5 Å². The molecule has 112 valence electrons. The Morgan fingerprint density at radius 2 is 1.84 bits per heavy atom. The van der Waals surface area contributed by atoms with Crippen molar-refractivity contribution in [1.82, 2.24) is 5.32 Å². The van der Waals surface area contributed by atoms with Gasteiger partial charge in [-0.15, -0.1) is 0 Å². The Bertz CT molecular complexity index is 259. The molecule has 1 amide bonds. The molecule has 1 aliphatic rings. The molecule has 0 aliphatic heterocycles. The maximum Gasteiger partial charge on any atom is 0.220 e. The average molecular weight is 268 g/mol. The lowest BCUT2D eigenvalue weighted by Crippen LogP contribution is -2.37. The molecule has 3 heteroatoms. The second kappa shape index (κ2) is 8.57. The smallest absolute Gasteiger partial charge is 0.220 e. The van der Waals surface area contributed by atoms with Crippen molar-refractivity contribution in [2.24, 2.45) is 23.5 Å². The molecule has 0 spiro atoms. The second-order valence-corrected chi connectivity index (χ2v) is 6.52. The Hall–Kier alpha value is -0.570. The lowest BCUT2D eigenvalue weighted by atomic mass is 9.88. The predicted octanol–water partition coefficient (Wildman–Crippen LogP) is 3.08.